The second-order valence-corrected chi connectivity index (χ2v) is 5.00. The first-order valence-corrected chi connectivity index (χ1v) is 6.30. The maximum atomic E-state index is 6.56. The SMILES string of the molecule is Cc1ccc(C(Cl)c2cccc(C)c2C)cc1. The molecule has 2 aromatic carbocycles. The van der Waals surface area contributed by atoms with Gasteiger partial charge in [0.1, 0.15) is 0 Å². The number of hydrogen-bond donors (Lipinski definition) is 0. The Morgan fingerprint density at radius 3 is 2.18 bits per heavy atom. The first-order valence-electron chi connectivity index (χ1n) is 5.86. The summed E-state index contributed by atoms with van der Waals surface area (Å²) in [7, 11) is 0. The van der Waals surface area contributed by atoms with Crippen molar-refractivity contribution in [1.29, 1.82) is 0 Å². The first-order chi connectivity index (χ1) is 8.09. The molecule has 88 valence electrons. The van der Waals surface area contributed by atoms with E-state index in [2.05, 4.69) is 63.2 Å². The van der Waals surface area contributed by atoms with Gasteiger partial charge in [0, 0.05) is 0 Å². The van der Waals surface area contributed by atoms with E-state index in [1.54, 1.807) is 0 Å². The molecular formula is C16H17Cl. The number of rotatable bonds is 2. The van der Waals surface area contributed by atoms with Crippen LogP contribution in [0.2, 0.25) is 0 Å². The van der Waals surface area contributed by atoms with Gasteiger partial charge >= 0.3 is 0 Å². The Hall–Kier alpha value is -1.27. The molecule has 0 aliphatic rings. The van der Waals surface area contributed by atoms with Crippen molar-refractivity contribution in [2.75, 3.05) is 0 Å². The average molecular weight is 245 g/mol. The smallest absolute Gasteiger partial charge is 0.0838 e. The van der Waals surface area contributed by atoms with Crippen LogP contribution in [0.5, 0.6) is 0 Å². The summed E-state index contributed by atoms with van der Waals surface area (Å²) in [6.07, 6.45) is 0. The van der Waals surface area contributed by atoms with Crippen molar-refractivity contribution in [1.82, 2.24) is 0 Å². The van der Waals surface area contributed by atoms with E-state index in [-0.39, 0.29) is 5.38 Å². The third kappa shape index (κ3) is 2.53. The summed E-state index contributed by atoms with van der Waals surface area (Å²) in [5, 5.41) is -0.0597. The largest absolute Gasteiger partial charge is 0.113 e. The molecule has 1 atom stereocenters. The van der Waals surface area contributed by atoms with Gasteiger partial charge < -0.3 is 0 Å². The number of benzene rings is 2. The van der Waals surface area contributed by atoms with Crippen LogP contribution in [0.3, 0.4) is 0 Å². The zero-order valence-corrected chi connectivity index (χ0v) is 11.3. The fraction of sp³-hybridized carbons (Fsp3) is 0.250. The molecule has 0 nitrogen and oxygen atoms in total. The zero-order valence-electron chi connectivity index (χ0n) is 10.5. The number of halogens is 1. The topological polar surface area (TPSA) is 0 Å². The van der Waals surface area contributed by atoms with Crippen LogP contribution < -0.4 is 0 Å². The van der Waals surface area contributed by atoms with Gasteiger partial charge in [0.25, 0.3) is 0 Å². The highest BCUT2D eigenvalue weighted by molar-refractivity contribution is 6.22. The van der Waals surface area contributed by atoms with Crippen molar-refractivity contribution in [2.45, 2.75) is 26.1 Å². The molecule has 0 aliphatic carbocycles. The Balaban J connectivity index is 2.40. The van der Waals surface area contributed by atoms with E-state index in [9.17, 15) is 0 Å². The normalized spacial score (nSPS) is 12.5. The lowest BCUT2D eigenvalue weighted by Gasteiger charge is -2.15. The Bertz CT molecular complexity index is 512. The van der Waals surface area contributed by atoms with E-state index in [1.807, 2.05) is 0 Å². The van der Waals surface area contributed by atoms with Gasteiger partial charge in [0.05, 0.1) is 5.38 Å². The highest BCUT2D eigenvalue weighted by Gasteiger charge is 2.13. The minimum atomic E-state index is -0.0597. The third-order valence-electron chi connectivity index (χ3n) is 3.29. The van der Waals surface area contributed by atoms with Crippen LogP contribution in [-0.2, 0) is 0 Å². The Kier molecular flexibility index (Phi) is 3.54. The van der Waals surface area contributed by atoms with Crippen LogP contribution in [0.4, 0.5) is 0 Å². The Labute approximate surface area is 108 Å². The van der Waals surface area contributed by atoms with Gasteiger partial charge in [-0.15, -0.1) is 11.6 Å². The molecule has 1 heteroatoms. The van der Waals surface area contributed by atoms with E-state index >= 15 is 0 Å². The van der Waals surface area contributed by atoms with Crippen LogP contribution in [0.1, 0.15) is 33.2 Å². The molecule has 0 saturated carbocycles. The number of aryl methyl sites for hydroxylation is 2. The van der Waals surface area contributed by atoms with Crippen molar-refractivity contribution < 1.29 is 0 Å². The predicted octanol–water partition coefficient (Wildman–Crippen LogP) is 4.94. The molecule has 0 bridgehead atoms. The van der Waals surface area contributed by atoms with Crippen molar-refractivity contribution in [3.63, 3.8) is 0 Å². The summed E-state index contributed by atoms with van der Waals surface area (Å²) in [5.74, 6) is 0. The van der Waals surface area contributed by atoms with Crippen LogP contribution >= 0.6 is 11.6 Å². The molecule has 0 aliphatic heterocycles. The minimum absolute atomic E-state index is 0.0597. The number of alkyl halides is 1. The molecule has 0 amide bonds. The van der Waals surface area contributed by atoms with Crippen LogP contribution in [0.15, 0.2) is 42.5 Å². The highest BCUT2D eigenvalue weighted by Crippen LogP contribution is 2.31. The molecule has 0 fully saturated rings. The molecule has 2 aromatic rings. The lowest BCUT2D eigenvalue weighted by atomic mass is 9.96. The maximum absolute atomic E-state index is 6.56. The van der Waals surface area contributed by atoms with Gasteiger partial charge in [0.15, 0.2) is 0 Å². The fourth-order valence-corrected chi connectivity index (χ4v) is 2.35. The summed E-state index contributed by atoms with van der Waals surface area (Å²) < 4.78 is 0. The van der Waals surface area contributed by atoms with Crippen LogP contribution in [0, 0.1) is 20.8 Å². The molecule has 2 rings (SSSR count). The zero-order chi connectivity index (χ0) is 12.4. The van der Waals surface area contributed by atoms with E-state index in [0.29, 0.717) is 0 Å². The van der Waals surface area contributed by atoms with Crippen molar-refractivity contribution in [3.05, 3.63) is 70.3 Å². The van der Waals surface area contributed by atoms with Crippen molar-refractivity contribution >= 4 is 11.6 Å². The van der Waals surface area contributed by atoms with Gasteiger partial charge in [-0.3, -0.25) is 0 Å². The van der Waals surface area contributed by atoms with E-state index < -0.39 is 0 Å². The van der Waals surface area contributed by atoms with Gasteiger partial charge in [-0.25, -0.2) is 0 Å². The van der Waals surface area contributed by atoms with Gasteiger partial charge in [-0.2, -0.15) is 0 Å². The number of hydrogen-bond acceptors (Lipinski definition) is 0. The standard InChI is InChI=1S/C16H17Cl/c1-11-7-9-14(10-8-11)16(17)15-6-4-5-12(2)13(15)3/h4-10,16H,1-3H3. The average Bonchev–Trinajstić information content (AvgIpc) is 2.33. The molecule has 17 heavy (non-hydrogen) atoms. The maximum Gasteiger partial charge on any atom is 0.0838 e. The van der Waals surface area contributed by atoms with E-state index in [1.165, 1.54) is 22.3 Å². The van der Waals surface area contributed by atoms with Crippen LogP contribution in [-0.4, -0.2) is 0 Å². The predicted molar refractivity (Wildman–Crippen MR) is 74.8 cm³/mol. The van der Waals surface area contributed by atoms with Crippen molar-refractivity contribution in [2.24, 2.45) is 0 Å². The molecule has 0 spiro atoms. The highest BCUT2D eigenvalue weighted by atomic mass is 35.5. The Morgan fingerprint density at radius 1 is 0.882 bits per heavy atom. The first kappa shape index (κ1) is 12.2. The summed E-state index contributed by atoms with van der Waals surface area (Å²) in [4.78, 5) is 0. The van der Waals surface area contributed by atoms with Gasteiger partial charge in [0.2, 0.25) is 0 Å². The molecule has 1 unspecified atom stereocenters. The second-order valence-electron chi connectivity index (χ2n) is 4.56. The molecular weight excluding hydrogens is 228 g/mol. The second kappa shape index (κ2) is 4.93. The molecule has 0 N–H and O–H groups in total. The van der Waals surface area contributed by atoms with Gasteiger partial charge in [-0.05, 0) is 43.0 Å². The summed E-state index contributed by atoms with van der Waals surface area (Å²) in [6.45, 7) is 6.34. The summed E-state index contributed by atoms with van der Waals surface area (Å²) in [6, 6.07) is 14.7. The van der Waals surface area contributed by atoms with E-state index in [4.69, 9.17) is 11.6 Å². The minimum Gasteiger partial charge on any atom is -0.113 e. The van der Waals surface area contributed by atoms with Crippen LogP contribution in [0.25, 0.3) is 0 Å². The lowest BCUT2D eigenvalue weighted by Crippen LogP contribution is -1.97. The molecule has 0 radical (unpaired) electrons. The summed E-state index contributed by atoms with van der Waals surface area (Å²) >= 11 is 6.56. The van der Waals surface area contributed by atoms with E-state index in [0.717, 1.165) is 5.56 Å². The molecule has 0 aromatic heterocycles. The van der Waals surface area contributed by atoms with Gasteiger partial charge in [-0.1, -0.05) is 48.0 Å². The molecule has 0 heterocycles. The molecule has 0 saturated heterocycles. The quantitative estimate of drug-likeness (QED) is 0.657. The Morgan fingerprint density at radius 2 is 1.53 bits per heavy atom. The fourth-order valence-electron chi connectivity index (χ4n) is 1.96. The third-order valence-corrected chi connectivity index (χ3v) is 3.78. The monoisotopic (exact) mass is 244 g/mol. The lowest BCUT2D eigenvalue weighted by molar-refractivity contribution is 1.09. The van der Waals surface area contributed by atoms with Crippen molar-refractivity contribution in [3.8, 4) is 0 Å². The summed E-state index contributed by atoms with van der Waals surface area (Å²) in [5.41, 5.74) is 6.20.